The predicted molar refractivity (Wildman–Crippen MR) is 78.7 cm³/mol. The maximum absolute atomic E-state index is 12.0. The van der Waals surface area contributed by atoms with Crippen LogP contribution in [0.4, 0.5) is 0 Å². The summed E-state index contributed by atoms with van der Waals surface area (Å²) in [6, 6.07) is 8.96. The molecule has 0 unspecified atom stereocenters. The lowest BCUT2D eigenvalue weighted by atomic mass is 10.1. The van der Waals surface area contributed by atoms with Crippen LogP contribution in [0.1, 0.15) is 31.7 Å². The number of pyridine rings is 1. The average molecular weight is 257 g/mol. The lowest BCUT2D eigenvalue weighted by molar-refractivity contribution is 0.602. The maximum atomic E-state index is 12.0. The molecule has 0 radical (unpaired) electrons. The third kappa shape index (κ3) is 2.84. The Kier molecular flexibility index (Phi) is 4.00. The molecule has 0 spiro atoms. The van der Waals surface area contributed by atoms with E-state index < -0.39 is 0 Å². The van der Waals surface area contributed by atoms with Crippen LogP contribution in [-0.4, -0.2) is 10.4 Å². The number of nitrogen functional groups attached to an aromatic ring is 1. The fourth-order valence-corrected chi connectivity index (χ4v) is 2.21. The van der Waals surface area contributed by atoms with E-state index in [1.165, 1.54) is 0 Å². The molecular formula is C15H19N3O. The molecule has 0 atom stereocenters. The first-order valence-electron chi connectivity index (χ1n) is 6.61. The van der Waals surface area contributed by atoms with Gasteiger partial charge in [0.25, 0.3) is 5.56 Å². The van der Waals surface area contributed by atoms with Crippen molar-refractivity contribution >= 4 is 16.7 Å². The zero-order valence-corrected chi connectivity index (χ0v) is 11.1. The Morgan fingerprint density at radius 3 is 2.68 bits per heavy atom. The van der Waals surface area contributed by atoms with Crippen molar-refractivity contribution in [1.82, 2.24) is 4.57 Å². The van der Waals surface area contributed by atoms with E-state index in [2.05, 4.69) is 6.92 Å². The van der Waals surface area contributed by atoms with E-state index in [1.807, 2.05) is 24.3 Å². The third-order valence-electron chi connectivity index (χ3n) is 3.29. The third-order valence-corrected chi connectivity index (χ3v) is 3.29. The Labute approximate surface area is 112 Å². The Bertz CT molecular complexity index is 658. The largest absolute Gasteiger partial charge is 0.384 e. The van der Waals surface area contributed by atoms with Crippen LogP contribution in [0.2, 0.25) is 0 Å². The lowest BCUT2D eigenvalue weighted by Crippen LogP contribution is -2.20. The van der Waals surface area contributed by atoms with Gasteiger partial charge in [-0.2, -0.15) is 0 Å². The van der Waals surface area contributed by atoms with E-state index in [-0.39, 0.29) is 11.4 Å². The molecule has 0 aliphatic heterocycles. The fraction of sp³-hybridized carbons (Fsp3) is 0.333. The van der Waals surface area contributed by atoms with E-state index in [9.17, 15) is 4.79 Å². The SMILES string of the molecule is CCCCCn1c(=O)ccc2ccc(C(=N)N)cc21. The highest BCUT2D eigenvalue weighted by Crippen LogP contribution is 2.15. The van der Waals surface area contributed by atoms with Gasteiger partial charge in [-0.1, -0.05) is 31.9 Å². The number of amidine groups is 1. The van der Waals surface area contributed by atoms with Crippen molar-refractivity contribution in [2.24, 2.45) is 5.73 Å². The van der Waals surface area contributed by atoms with Gasteiger partial charge in [-0.3, -0.25) is 10.2 Å². The highest BCUT2D eigenvalue weighted by atomic mass is 16.1. The number of rotatable bonds is 5. The summed E-state index contributed by atoms with van der Waals surface area (Å²) in [6.45, 7) is 2.85. The van der Waals surface area contributed by atoms with Crippen LogP contribution in [0.3, 0.4) is 0 Å². The maximum Gasteiger partial charge on any atom is 0.251 e. The fourth-order valence-electron chi connectivity index (χ4n) is 2.21. The van der Waals surface area contributed by atoms with Gasteiger partial charge in [0.15, 0.2) is 0 Å². The minimum Gasteiger partial charge on any atom is -0.384 e. The summed E-state index contributed by atoms with van der Waals surface area (Å²) >= 11 is 0. The molecule has 1 aromatic carbocycles. The van der Waals surface area contributed by atoms with Gasteiger partial charge in [0.1, 0.15) is 5.84 Å². The molecular weight excluding hydrogens is 238 g/mol. The summed E-state index contributed by atoms with van der Waals surface area (Å²) in [7, 11) is 0. The number of fused-ring (bicyclic) bond motifs is 1. The molecule has 3 N–H and O–H groups in total. The predicted octanol–water partition coefficient (Wildman–Crippen LogP) is 2.48. The number of nitrogens with zero attached hydrogens (tertiary/aromatic N) is 1. The van der Waals surface area contributed by atoms with Gasteiger partial charge < -0.3 is 10.3 Å². The van der Waals surface area contributed by atoms with Gasteiger partial charge in [-0.15, -0.1) is 0 Å². The number of aryl methyl sites for hydroxylation is 1. The molecule has 0 fully saturated rings. The van der Waals surface area contributed by atoms with E-state index >= 15 is 0 Å². The molecule has 0 aliphatic rings. The molecule has 1 aromatic heterocycles. The van der Waals surface area contributed by atoms with Crippen LogP contribution >= 0.6 is 0 Å². The number of benzene rings is 1. The van der Waals surface area contributed by atoms with E-state index in [1.54, 1.807) is 10.6 Å². The molecule has 1 heterocycles. The van der Waals surface area contributed by atoms with Crippen molar-refractivity contribution in [3.05, 3.63) is 46.2 Å². The molecule has 4 nitrogen and oxygen atoms in total. The van der Waals surface area contributed by atoms with Gasteiger partial charge in [0.05, 0.1) is 5.52 Å². The van der Waals surface area contributed by atoms with Crippen LogP contribution in [0.5, 0.6) is 0 Å². The van der Waals surface area contributed by atoms with Crippen molar-refractivity contribution in [2.45, 2.75) is 32.7 Å². The first-order valence-corrected chi connectivity index (χ1v) is 6.61. The van der Waals surface area contributed by atoms with Crippen molar-refractivity contribution in [1.29, 1.82) is 5.41 Å². The monoisotopic (exact) mass is 257 g/mol. The standard InChI is InChI=1S/C15H19N3O/c1-2-3-4-9-18-13-10-12(15(16)17)6-5-11(13)7-8-14(18)19/h5-8,10H,2-4,9H2,1H3,(H3,16,17). The number of nitrogens with two attached hydrogens (primary N) is 1. The molecule has 19 heavy (non-hydrogen) atoms. The van der Waals surface area contributed by atoms with Gasteiger partial charge in [0.2, 0.25) is 0 Å². The summed E-state index contributed by atoms with van der Waals surface area (Å²) in [5.41, 5.74) is 7.03. The van der Waals surface area contributed by atoms with E-state index in [0.717, 1.165) is 30.2 Å². The molecule has 0 saturated heterocycles. The molecule has 0 aliphatic carbocycles. The molecule has 0 bridgehead atoms. The minimum atomic E-state index is 0.00399. The van der Waals surface area contributed by atoms with Crippen molar-refractivity contribution in [2.75, 3.05) is 0 Å². The van der Waals surface area contributed by atoms with Crippen molar-refractivity contribution in [3.8, 4) is 0 Å². The van der Waals surface area contributed by atoms with Gasteiger partial charge in [-0.25, -0.2) is 0 Å². The second-order valence-electron chi connectivity index (χ2n) is 4.72. The van der Waals surface area contributed by atoms with Gasteiger partial charge >= 0.3 is 0 Å². The molecule has 2 aromatic rings. The van der Waals surface area contributed by atoms with E-state index in [4.69, 9.17) is 11.1 Å². The van der Waals surface area contributed by atoms with Crippen LogP contribution < -0.4 is 11.3 Å². The number of nitrogens with one attached hydrogen (secondary N) is 1. The normalized spacial score (nSPS) is 10.8. The molecule has 0 saturated carbocycles. The summed E-state index contributed by atoms with van der Waals surface area (Å²) < 4.78 is 1.78. The van der Waals surface area contributed by atoms with Crippen LogP contribution in [-0.2, 0) is 6.54 Å². The highest BCUT2D eigenvalue weighted by Gasteiger charge is 2.05. The quantitative estimate of drug-likeness (QED) is 0.490. The van der Waals surface area contributed by atoms with Gasteiger partial charge in [0, 0.05) is 18.2 Å². The average Bonchev–Trinajstić information content (AvgIpc) is 2.40. The lowest BCUT2D eigenvalue weighted by Gasteiger charge is -2.11. The minimum absolute atomic E-state index is 0.00399. The summed E-state index contributed by atoms with van der Waals surface area (Å²) in [4.78, 5) is 12.0. The number of hydrogen-bond acceptors (Lipinski definition) is 2. The van der Waals surface area contributed by atoms with Crippen LogP contribution in [0.15, 0.2) is 35.1 Å². The molecule has 2 rings (SSSR count). The van der Waals surface area contributed by atoms with Crippen LogP contribution in [0.25, 0.3) is 10.9 Å². The first kappa shape index (κ1) is 13.3. The van der Waals surface area contributed by atoms with Crippen molar-refractivity contribution in [3.63, 3.8) is 0 Å². The Balaban J connectivity index is 2.52. The first-order chi connectivity index (χ1) is 9.13. The number of aromatic nitrogens is 1. The molecule has 4 heteroatoms. The zero-order chi connectivity index (χ0) is 13.8. The van der Waals surface area contributed by atoms with Crippen molar-refractivity contribution < 1.29 is 0 Å². The van der Waals surface area contributed by atoms with Crippen LogP contribution in [0, 0.1) is 5.41 Å². The summed E-state index contributed by atoms with van der Waals surface area (Å²) in [6.07, 6.45) is 3.22. The van der Waals surface area contributed by atoms with E-state index in [0.29, 0.717) is 12.1 Å². The molecule has 100 valence electrons. The Hall–Kier alpha value is -2.10. The number of unbranched alkanes of at least 4 members (excludes halogenated alkanes) is 2. The summed E-state index contributed by atoms with van der Waals surface area (Å²) in [5, 5.41) is 8.49. The Morgan fingerprint density at radius 1 is 1.26 bits per heavy atom. The molecule has 0 amide bonds. The zero-order valence-electron chi connectivity index (χ0n) is 11.1. The highest BCUT2D eigenvalue weighted by molar-refractivity contribution is 5.98. The second kappa shape index (κ2) is 5.69. The summed E-state index contributed by atoms with van der Waals surface area (Å²) in [5.74, 6) is 0.0262. The number of hydrogen-bond donors (Lipinski definition) is 2. The Morgan fingerprint density at radius 2 is 2.00 bits per heavy atom. The van der Waals surface area contributed by atoms with Gasteiger partial charge in [-0.05, 0) is 23.9 Å². The second-order valence-corrected chi connectivity index (χ2v) is 4.72. The smallest absolute Gasteiger partial charge is 0.251 e. The topological polar surface area (TPSA) is 71.9 Å².